The summed E-state index contributed by atoms with van der Waals surface area (Å²) in [5.74, 6) is 0. The van der Waals surface area contributed by atoms with E-state index in [1.165, 1.54) is 0 Å². The fourth-order valence-electron chi connectivity index (χ4n) is 2.04. The van der Waals surface area contributed by atoms with Crippen LogP contribution in [0.4, 0.5) is 10.5 Å². The number of ether oxygens (including phenoxy) is 1. The number of carbonyl (C=O) groups is 1. The molecule has 20 heavy (non-hydrogen) atoms. The van der Waals surface area contributed by atoms with Crippen LogP contribution >= 0.6 is 23.2 Å². The lowest BCUT2D eigenvalue weighted by atomic mass is 10.2. The van der Waals surface area contributed by atoms with Crippen LogP contribution in [0.3, 0.4) is 0 Å². The molecule has 0 aromatic heterocycles. The zero-order valence-corrected chi connectivity index (χ0v) is 12.7. The molecule has 1 atom stereocenters. The fraction of sp³-hybridized carbons (Fsp3) is 0.462. The molecular formula is C13H17Cl2N3O2. The van der Waals surface area contributed by atoms with E-state index in [-0.39, 0.29) is 12.1 Å². The van der Waals surface area contributed by atoms with Crippen molar-refractivity contribution in [2.75, 3.05) is 38.6 Å². The number of carbonyl (C=O) groups excluding carboxylic acids is 1. The number of urea groups is 1. The quantitative estimate of drug-likeness (QED) is 0.900. The molecule has 1 fully saturated rings. The van der Waals surface area contributed by atoms with Gasteiger partial charge in [0.2, 0.25) is 0 Å². The summed E-state index contributed by atoms with van der Waals surface area (Å²) >= 11 is 11.9. The lowest BCUT2D eigenvalue weighted by molar-refractivity contribution is -0.00999. The Balaban J connectivity index is 1.99. The summed E-state index contributed by atoms with van der Waals surface area (Å²) in [5.41, 5.74) is 0.515. The first kappa shape index (κ1) is 15.4. The van der Waals surface area contributed by atoms with Crippen molar-refractivity contribution in [3.63, 3.8) is 0 Å². The molecule has 0 saturated carbocycles. The van der Waals surface area contributed by atoms with Crippen LogP contribution in [0.25, 0.3) is 0 Å². The Morgan fingerprint density at radius 2 is 2.30 bits per heavy atom. The summed E-state index contributed by atoms with van der Waals surface area (Å²) in [6.45, 7) is 2.35. The van der Waals surface area contributed by atoms with Crippen molar-refractivity contribution in [2.24, 2.45) is 0 Å². The Labute approximate surface area is 128 Å². The van der Waals surface area contributed by atoms with Gasteiger partial charge in [-0.25, -0.2) is 4.79 Å². The fourth-order valence-corrected chi connectivity index (χ4v) is 2.38. The number of rotatable bonds is 3. The number of morpholine rings is 1. The van der Waals surface area contributed by atoms with E-state index >= 15 is 0 Å². The highest BCUT2D eigenvalue weighted by Gasteiger charge is 2.24. The number of benzene rings is 1. The summed E-state index contributed by atoms with van der Waals surface area (Å²) in [6.07, 6.45) is 0.00864. The number of anilines is 1. The molecule has 0 bridgehead atoms. The molecule has 0 radical (unpaired) electrons. The lowest BCUT2D eigenvalue weighted by Crippen LogP contribution is -2.49. The van der Waals surface area contributed by atoms with Crippen LogP contribution in [0, 0.1) is 0 Å². The first-order valence-corrected chi connectivity index (χ1v) is 7.13. The van der Waals surface area contributed by atoms with Crippen molar-refractivity contribution in [1.29, 1.82) is 0 Å². The van der Waals surface area contributed by atoms with E-state index in [0.29, 0.717) is 42.0 Å². The van der Waals surface area contributed by atoms with Crippen molar-refractivity contribution in [3.05, 3.63) is 28.2 Å². The van der Waals surface area contributed by atoms with Crippen LogP contribution in [0.1, 0.15) is 0 Å². The van der Waals surface area contributed by atoms with Crippen LogP contribution < -0.4 is 10.6 Å². The number of amides is 2. The monoisotopic (exact) mass is 317 g/mol. The molecule has 5 nitrogen and oxygen atoms in total. The molecule has 1 aromatic carbocycles. The highest BCUT2D eigenvalue weighted by molar-refractivity contribution is 6.35. The average molecular weight is 318 g/mol. The van der Waals surface area contributed by atoms with E-state index in [9.17, 15) is 4.79 Å². The maximum Gasteiger partial charge on any atom is 0.322 e. The van der Waals surface area contributed by atoms with E-state index in [2.05, 4.69) is 10.6 Å². The Kier molecular flexibility index (Phi) is 5.48. The Morgan fingerprint density at radius 3 is 3.05 bits per heavy atom. The third kappa shape index (κ3) is 3.99. The molecule has 2 N–H and O–H groups in total. The summed E-state index contributed by atoms with van der Waals surface area (Å²) in [4.78, 5) is 13.9. The van der Waals surface area contributed by atoms with Crippen LogP contribution in [0.15, 0.2) is 18.2 Å². The van der Waals surface area contributed by atoms with Gasteiger partial charge in [0.05, 0.1) is 23.4 Å². The number of hydrogen-bond acceptors (Lipinski definition) is 3. The Hall–Kier alpha value is -1.01. The minimum Gasteiger partial charge on any atom is -0.373 e. The van der Waals surface area contributed by atoms with Gasteiger partial charge in [0.25, 0.3) is 0 Å². The highest BCUT2D eigenvalue weighted by Crippen LogP contribution is 2.25. The maximum absolute atomic E-state index is 12.2. The SMILES string of the molecule is CNCC1CN(C(=O)Nc2cc(Cl)ccc2Cl)CCO1. The van der Waals surface area contributed by atoms with E-state index in [4.69, 9.17) is 27.9 Å². The molecule has 7 heteroatoms. The van der Waals surface area contributed by atoms with Gasteiger partial charge in [-0.15, -0.1) is 0 Å². The largest absolute Gasteiger partial charge is 0.373 e. The average Bonchev–Trinajstić information content (AvgIpc) is 2.43. The molecule has 1 aliphatic rings. The first-order valence-electron chi connectivity index (χ1n) is 6.37. The molecule has 1 aromatic rings. The van der Waals surface area contributed by atoms with Gasteiger partial charge >= 0.3 is 6.03 Å². The summed E-state index contributed by atoms with van der Waals surface area (Å²) in [6, 6.07) is 4.77. The molecule has 0 aliphatic carbocycles. The van der Waals surface area contributed by atoms with E-state index in [1.54, 1.807) is 23.1 Å². The second-order valence-corrected chi connectivity index (χ2v) is 5.39. The molecule has 1 aliphatic heterocycles. The zero-order chi connectivity index (χ0) is 14.5. The van der Waals surface area contributed by atoms with Crippen LogP contribution in [-0.4, -0.2) is 50.3 Å². The number of nitrogens with one attached hydrogen (secondary N) is 2. The smallest absolute Gasteiger partial charge is 0.322 e. The van der Waals surface area contributed by atoms with Crippen molar-refractivity contribution >= 4 is 34.9 Å². The molecule has 1 unspecified atom stereocenters. The van der Waals surface area contributed by atoms with Crippen LogP contribution in [0.2, 0.25) is 10.0 Å². The second-order valence-electron chi connectivity index (χ2n) is 4.55. The Morgan fingerprint density at radius 1 is 1.50 bits per heavy atom. The van der Waals surface area contributed by atoms with Gasteiger partial charge in [0, 0.05) is 24.7 Å². The lowest BCUT2D eigenvalue weighted by Gasteiger charge is -2.33. The van der Waals surface area contributed by atoms with Crippen molar-refractivity contribution < 1.29 is 9.53 Å². The maximum atomic E-state index is 12.2. The van der Waals surface area contributed by atoms with Crippen LogP contribution in [0.5, 0.6) is 0 Å². The van der Waals surface area contributed by atoms with Gasteiger partial charge < -0.3 is 20.3 Å². The molecular weight excluding hydrogens is 301 g/mol. The normalized spacial score (nSPS) is 18.9. The Bertz CT molecular complexity index is 483. The van der Waals surface area contributed by atoms with Gasteiger partial charge in [-0.3, -0.25) is 0 Å². The molecule has 2 rings (SSSR count). The summed E-state index contributed by atoms with van der Waals surface area (Å²) in [7, 11) is 1.86. The summed E-state index contributed by atoms with van der Waals surface area (Å²) < 4.78 is 5.56. The molecule has 110 valence electrons. The second kappa shape index (κ2) is 7.13. The number of halogens is 2. The third-order valence-electron chi connectivity index (χ3n) is 3.03. The van der Waals surface area contributed by atoms with Gasteiger partial charge in [0.1, 0.15) is 0 Å². The minimum absolute atomic E-state index is 0.00864. The van der Waals surface area contributed by atoms with Gasteiger partial charge in [-0.05, 0) is 25.2 Å². The number of hydrogen-bond donors (Lipinski definition) is 2. The van der Waals surface area contributed by atoms with Crippen molar-refractivity contribution in [1.82, 2.24) is 10.2 Å². The minimum atomic E-state index is -0.196. The first-order chi connectivity index (χ1) is 9.60. The van der Waals surface area contributed by atoms with Gasteiger partial charge in [-0.2, -0.15) is 0 Å². The van der Waals surface area contributed by atoms with E-state index in [0.717, 1.165) is 0 Å². The predicted molar refractivity (Wildman–Crippen MR) is 80.7 cm³/mol. The van der Waals surface area contributed by atoms with Gasteiger partial charge in [0.15, 0.2) is 0 Å². The van der Waals surface area contributed by atoms with Crippen molar-refractivity contribution in [2.45, 2.75) is 6.10 Å². The highest BCUT2D eigenvalue weighted by atomic mass is 35.5. The molecule has 2 amide bonds. The van der Waals surface area contributed by atoms with Crippen molar-refractivity contribution in [3.8, 4) is 0 Å². The standard InChI is InChI=1S/C13H17Cl2N3O2/c1-16-7-10-8-18(4-5-20-10)13(19)17-12-6-9(14)2-3-11(12)15/h2-3,6,10,16H,4-5,7-8H2,1H3,(H,17,19). The molecule has 1 saturated heterocycles. The third-order valence-corrected chi connectivity index (χ3v) is 3.59. The van der Waals surface area contributed by atoms with Crippen LogP contribution in [-0.2, 0) is 4.74 Å². The number of likely N-dealkylation sites (N-methyl/N-ethyl adjacent to an activating group) is 1. The number of nitrogens with zero attached hydrogens (tertiary/aromatic N) is 1. The topological polar surface area (TPSA) is 53.6 Å². The predicted octanol–water partition coefficient (Wildman–Crippen LogP) is 2.45. The van der Waals surface area contributed by atoms with Gasteiger partial charge in [-0.1, -0.05) is 23.2 Å². The zero-order valence-electron chi connectivity index (χ0n) is 11.2. The van der Waals surface area contributed by atoms with E-state index in [1.807, 2.05) is 7.05 Å². The summed E-state index contributed by atoms with van der Waals surface area (Å²) in [5, 5.41) is 6.81. The molecule has 1 heterocycles. The molecule has 0 spiro atoms. The van der Waals surface area contributed by atoms with E-state index < -0.39 is 0 Å².